The lowest BCUT2D eigenvalue weighted by Crippen LogP contribution is -2.46. The Morgan fingerprint density at radius 3 is 2.53 bits per heavy atom. The summed E-state index contributed by atoms with van der Waals surface area (Å²) in [5.74, 6) is -1.17. The third-order valence-corrected chi connectivity index (χ3v) is 5.83. The fourth-order valence-electron chi connectivity index (χ4n) is 3.70. The Morgan fingerprint density at radius 2 is 1.83 bits per heavy atom. The molecule has 1 aliphatic rings. The van der Waals surface area contributed by atoms with Gasteiger partial charge in [-0.3, -0.25) is 9.69 Å². The molecule has 154 valence electrons. The second kappa shape index (κ2) is 8.01. The molecule has 4 rings (SSSR count). The lowest BCUT2D eigenvalue weighted by Gasteiger charge is -2.36. The molecular formula is C21H18ClF2N5O. The SMILES string of the molecule is Cn1c(=O)cc(N2CCN(Cc3c(F)ccc(F)c3Cl)CC2)c2nc(C#N)ccc21. The van der Waals surface area contributed by atoms with Crippen molar-refractivity contribution in [2.75, 3.05) is 31.1 Å². The predicted molar refractivity (Wildman–Crippen MR) is 111 cm³/mol. The molecule has 0 amide bonds. The molecule has 0 saturated carbocycles. The molecule has 2 aromatic heterocycles. The normalized spacial score (nSPS) is 14.8. The lowest BCUT2D eigenvalue weighted by atomic mass is 10.1. The minimum absolute atomic E-state index is 0.143. The van der Waals surface area contributed by atoms with Gasteiger partial charge in [-0.25, -0.2) is 13.8 Å². The summed E-state index contributed by atoms with van der Waals surface area (Å²) < 4.78 is 29.3. The maximum absolute atomic E-state index is 14.1. The first-order valence-electron chi connectivity index (χ1n) is 9.39. The van der Waals surface area contributed by atoms with Crippen LogP contribution in [0.5, 0.6) is 0 Å². The van der Waals surface area contributed by atoms with E-state index in [0.717, 1.165) is 12.1 Å². The van der Waals surface area contributed by atoms with Crippen molar-refractivity contribution in [3.63, 3.8) is 0 Å². The molecule has 3 heterocycles. The summed E-state index contributed by atoms with van der Waals surface area (Å²) in [5.41, 5.74) is 2.15. The van der Waals surface area contributed by atoms with Crippen molar-refractivity contribution in [3.05, 3.63) is 68.6 Å². The van der Waals surface area contributed by atoms with E-state index in [-0.39, 0.29) is 28.4 Å². The zero-order chi connectivity index (χ0) is 21.4. The Morgan fingerprint density at radius 1 is 1.13 bits per heavy atom. The molecule has 0 radical (unpaired) electrons. The van der Waals surface area contributed by atoms with Crippen LogP contribution in [0.15, 0.2) is 35.1 Å². The molecular weight excluding hydrogens is 412 g/mol. The fraction of sp³-hybridized carbons (Fsp3) is 0.286. The van der Waals surface area contributed by atoms with Crippen LogP contribution in [0.2, 0.25) is 5.02 Å². The number of aromatic nitrogens is 2. The van der Waals surface area contributed by atoms with E-state index in [1.165, 1.54) is 10.6 Å². The molecule has 0 aliphatic carbocycles. The highest BCUT2D eigenvalue weighted by Gasteiger charge is 2.23. The van der Waals surface area contributed by atoms with E-state index in [4.69, 9.17) is 11.6 Å². The molecule has 0 unspecified atom stereocenters. The lowest BCUT2D eigenvalue weighted by molar-refractivity contribution is 0.246. The Kier molecular flexibility index (Phi) is 5.41. The molecule has 0 N–H and O–H groups in total. The minimum atomic E-state index is -0.641. The molecule has 9 heteroatoms. The molecule has 0 atom stereocenters. The van der Waals surface area contributed by atoms with Gasteiger partial charge in [0.05, 0.1) is 16.2 Å². The van der Waals surface area contributed by atoms with Crippen LogP contribution >= 0.6 is 11.6 Å². The number of fused-ring (bicyclic) bond motifs is 1. The van der Waals surface area contributed by atoms with Gasteiger partial charge in [0, 0.05) is 51.4 Å². The van der Waals surface area contributed by atoms with E-state index < -0.39 is 11.6 Å². The second-order valence-electron chi connectivity index (χ2n) is 7.19. The van der Waals surface area contributed by atoms with Crippen molar-refractivity contribution < 1.29 is 8.78 Å². The van der Waals surface area contributed by atoms with E-state index in [0.29, 0.717) is 42.9 Å². The molecule has 1 aliphatic heterocycles. The number of aryl methyl sites for hydroxylation is 1. The van der Waals surface area contributed by atoms with Crippen LogP contribution < -0.4 is 10.5 Å². The van der Waals surface area contributed by atoms with Gasteiger partial charge in [-0.05, 0) is 24.3 Å². The van der Waals surface area contributed by atoms with Crippen LogP contribution in [0.4, 0.5) is 14.5 Å². The first-order chi connectivity index (χ1) is 14.4. The molecule has 30 heavy (non-hydrogen) atoms. The maximum Gasteiger partial charge on any atom is 0.252 e. The largest absolute Gasteiger partial charge is 0.367 e. The van der Waals surface area contributed by atoms with Gasteiger partial charge < -0.3 is 9.47 Å². The zero-order valence-electron chi connectivity index (χ0n) is 16.2. The zero-order valence-corrected chi connectivity index (χ0v) is 17.0. The highest BCUT2D eigenvalue weighted by molar-refractivity contribution is 6.31. The number of pyridine rings is 2. The van der Waals surface area contributed by atoms with Crippen molar-refractivity contribution in [1.82, 2.24) is 14.5 Å². The van der Waals surface area contributed by atoms with Gasteiger partial charge in [-0.15, -0.1) is 0 Å². The number of anilines is 1. The molecule has 1 fully saturated rings. The number of halogens is 3. The monoisotopic (exact) mass is 429 g/mol. The number of hydrogen-bond donors (Lipinski definition) is 0. The highest BCUT2D eigenvalue weighted by atomic mass is 35.5. The second-order valence-corrected chi connectivity index (χ2v) is 7.57. The quantitative estimate of drug-likeness (QED) is 0.599. The minimum Gasteiger partial charge on any atom is -0.367 e. The molecule has 1 saturated heterocycles. The van der Waals surface area contributed by atoms with Gasteiger partial charge in [0.2, 0.25) is 0 Å². The number of hydrogen-bond acceptors (Lipinski definition) is 5. The van der Waals surface area contributed by atoms with Crippen molar-refractivity contribution in [2.45, 2.75) is 6.54 Å². The summed E-state index contributed by atoms with van der Waals surface area (Å²) in [6.07, 6.45) is 0. The molecule has 0 bridgehead atoms. The van der Waals surface area contributed by atoms with Gasteiger partial charge in [0.1, 0.15) is 28.9 Å². The highest BCUT2D eigenvalue weighted by Crippen LogP contribution is 2.27. The molecule has 6 nitrogen and oxygen atoms in total. The van der Waals surface area contributed by atoms with E-state index in [2.05, 4.69) is 4.98 Å². The predicted octanol–water partition coefficient (Wildman–Crippen LogP) is 3.06. The summed E-state index contributed by atoms with van der Waals surface area (Å²) in [7, 11) is 1.66. The third kappa shape index (κ3) is 3.62. The summed E-state index contributed by atoms with van der Waals surface area (Å²) in [4.78, 5) is 20.8. The van der Waals surface area contributed by atoms with E-state index in [1.807, 2.05) is 15.9 Å². The summed E-state index contributed by atoms with van der Waals surface area (Å²) in [5, 5.41) is 9.00. The molecule has 3 aromatic rings. The maximum atomic E-state index is 14.1. The van der Waals surface area contributed by atoms with E-state index >= 15 is 0 Å². The van der Waals surface area contributed by atoms with Gasteiger partial charge in [-0.2, -0.15) is 5.26 Å². The van der Waals surface area contributed by atoms with Crippen LogP contribution in [-0.4, -0.2) is 40.6 Å². The number of nitrogens with zero attached hydrogens (tertiary/aromatic N) is 5. The van der Waals surface area contributed by atoms with Gasteiger partial charge in [0.25, 0.3) is 5.56 Å². The average Bonchev–Trinajstić information content (AvgIpc) is 2.76. The van der Waals surface area contributed by atoms with Crippen LogP contribution in [0.3, 0.4) is 0 Å². The summed E-state index contributed by atoms with van der Waals surface area (Å²) >= 11 is 5.94. The van der Waals surface area contributed by atoms with Crippen LogP contribution in [0, 0.1) is 23.0 Å². The number of benzene rings is 1. The van der Waals surface area contributed by atoms with Gasteiger partial charge >= 0.3 is 0 Å². The molecule has 0 spiro atoms. The number of rotatable bonds is 3. The first-order valence-corrected chi connectivity index (χ1v) is 9.77. The number of nitriles is 1. The van der Waals surface area contributed by atoms with E-state index in [1.54, 1.807) is 19.2 Å². The Bertz CT molecular complexity index is 1230. The van der Waals surface area contributed by atoms with Crippen molar-refractivity contribution in [3.8, 4) is 6.07 Å². The summed E-state index contributed by atoms with van der Waals surface area (Å²) in [6, 6.07) is 8.95. The Labute approximate surface area is 176 Å². The van der Waals surface area contributed by atoms with Gasteiger partial charge in [-0.1, -0.05) is 11.6 Å². The standard InChI is InChI=1S/C21H18ClF2N5O/c1-27-17-5-2-13(11-25)26-21(17)18(10-19(27)30)29-8-6-28(7-9-29)12-14-15(23)3-4-16(24)20(14)22/h2-5,10H,6-9,12H2,1H3. The van der Waals surface area contributed by atoms with Crippen LogP contribution in [0.1, 0.15) is 11.3 Å². The van der Waals surface area contributed by atoms with Crippen LogP contribution in [0.25, 0.3) is 11.0 Å². The Balaban J connectivity index is 1.59. The van der Waals surface area contributed by atoms with Gasteiger partial charge in [0.15, 0.2) is 0 Å². The Hall–Kier alpha value is -3.02. The van der Waals surface area contributed by atoms with Crippen molar-refractivity contribution >= 4 is 28.3 Å². The molecule has 1 aromatic carbocycles. The van der Waals surface area contributed by atoms with Crippen molar-refractivity contribution in [2.24, 2.45) is 7.05 Å². The summed E-state index contributed by atoms with van der Waals surface area (Å²) in [6.45, 7) is 2.47. The fourth-order valence-corrected chi connectivity index (χ4v) is 3.91. The van der Waals surface area contributed by atoms with E-state index in [9.17, 15) is 18.8 Å². The first kappa shape index (κ1) is 20.3. The van der Waals surface area contributed by atoms with Crippen molar-refractivity contribution in [1.29, 1.82) is 5.26 Å². The smallest absolute Gasteiger partial charge is 0.252 e. The average molecular weight is 430 g/mol. The number of piperazine rings is 1. The third-order valence-electron chi connectivity index (χ3n) is 5.42. The van der Waals surface area contributed by atoms with Crippen LogP contribution in [-0.2, 0) is 13.6 Å². The topological polar surface area (TPSA) is 65.2 Å².